The summed E-state index contributed by atoms with van der Waals surface area (Å²) in [4.78, 5) is 10.6. The molecule has 3 rings (SSSR count). The van der Waals surface area contributed by atoms with Crippen molar-refractivity contribution in [3.63, 3.8) is 0 Å². The number of benzene rings is 1. The first-order valence-corrected chi connectivity index (χ1v) is 8.12. The molecule has 0 radical (unpaired) electrons. The van der Waals surface area contributed by atoms with Crippen LogP contribution in [0.4, 0.5) is 4.39 Å². The molecule has 2 heterocycles. The number of rotatable bonds is 5. The second-order valence-corrected chi connectivity index (χ2v) is 5.89. The summed E-state index contributed by atoms with van der Waals surface area (Å²) in [6.07, 6.45) is 3.27. The number of hydrogen-bond acceptors (Lipinski definition) is 6. The number of methoxy groups -OCH3 is 1. The molecule has 0 bridgehead atoms. The lowest BCUT2D eigenvalue weighted by Crippen LogP contribution is -2.38. The fraction of sp³-hybridized carbons (Fsp3) is 0.389. The maximum atomic E-state index is 13.9. The van der Waals surface area contributed by atoms with Crippen LogP contribution < -0.4 is 9.47 Å². The molecule has 1 fully saturated rings. The van der Waals surface area contributed by atoms with E-state index >= 15 is 0 Å². The summed E-state index contributed by atoms with van der Waals surface area (Å²) >= 11 is 0. The fourth-order valence-corrected chi connectivity index (χ4v) is 2.82. The number of aromatic nitrogens is 2. The predicted octanol–water partition coefficient (Wildman–Crippen LogP) is 2.54. The van der Waals surface area contributed by atoms with Crippen LogP contribution in [0.3, 0.4) is 0 Å². The molecule has 0 amide bonds. The van der Waals surface area contributed by atoms with E-state index in [4.69, 9.17) is 14.7 Å². The number of nitriles is 1. The molecular weight excluding hydrogens is 323 g/mol. The summed E-state index contributed by atoms with van der Waals surface area (Å²) in [5.41, 5.74) is 1.20. The zero-order chi connectivity index (χ0) is 17.6. The predicted molar refractivity (Wildman–Crippen MR) is 88.6 cm³/mol. The summed E-state index contributed by atoms with van der Waals surface area (Å²) in [6.45, 7) is 2.40. The average molecular weight is 342 g/mol. The van der Waals surface area contributed by atoms with Crippen LogP contribution in [0.15, 0.2) is 30.5 Å². The Hall–Kier alpha value is -2.72. The van der Waals surface area contributed by atoms with Crippen molar-refractivity contribution in [2.75, 3.05) is 20.2 Å². The molecule has 1 saturated heterocycles. The molecule has 2 aromatic rings. The van der Waals surface area contributed by atoms with Gasteiger partial charge in [-0.05, 0) is 37.1 Å². The molecule has 0 spiro atoms. The second-order valence-electron chi connectivity index (χ2n) is 5.89. The van der Waals surface area contributed by atoms with E-state index in [1.54, 1.807) is 19.4 Å². The maximum absolute atomic E-state index is 13.9. The van der Waals surface area contributed by atoms with Gasteiger partial charge in [0.05, 0.1) is 24.4 Å². The molecule has 0 unspecified atom stereocenters. The van der Waals surface area contributed by atoms with E-state index in [9.17, 15) is 4.39 Å². The third-order valence-corrected chi connectivity index (χ3v) is 4.15. The Labute approximate surface area is 145 Å². The van der Waals surface area contributed by atoms with Crippen molar-refractivity contribution >= 4 is 0 Å². The summed E-state index contributed by atoms with van der Waals surface area (Å²) in [7, 11) is 1.55. The van der Waals surface area contributed by atoms with Gasteiger partial charge in [0.1, 0.15) is 6.10 Å². The normalized spacial score (nSPS) is 15.6. The van der Waals surface area contributed by atoms with Crippen molar-refractivity contribution in [2.24, 2.45) is 0 Å². The maximum Gasteiger partial charge on any atom is 0.316 e. The van der Waals surface area contributed by atoms with E-state index in [-0.39, 0.29) is 11.9 Å². The Morgan fingerprint density at radius 2 is 2.12 bits per heavy atom. The lowest BCUT2D eigenvalue weighted by atomic mass is 10.1. The van der Waals surface area contributed by atoms with Gasteiger partial charge in [-0.15, -0.1) is 0 Å². The molecule has 25 heavy (non-hydrogen) atoms. The highest BCUT2D eigenvalue weighted by Gasteiger charge is 2.22. The largest absolute Gasteiger partial charge is 0.487 e. The van der Waals surface area contributed by atoms with Crippen molar-refractivity contribution in [1.82, 2.24) is 14.9 Å². The Morgan fingerprint density at radius 1 is 1.32 bits per heavy atom. The zero-order valence-electron chi connectivity index (χ0n) is 14.0. The van der Waals surface area contributed by atoms with Crippen LogP contribution >= 0.6 is 0 Å². The number of nitrogens with zero attached hydrogens (tertiary/aromatic N) is 4. The Balaban J connectivity index is 1.52. The molecule has 1 aliphatic rings. The highest BCUT2D eigenvalue weighted by atomic mass is 19.1. The van der Waals surface area contributed by atoms with E-state index in [0.717, 1.165) is 38.2 Å². The van der Waals surface area contributed by atoms with Crippen molar-refractivity contribution in [1.29, 1.82) is 5.26 Å². The minimum absolute atomic E-state index is 0.0291. The van der Waals surface area contributed by atoms with Crippen LogP contribution in [0.5, 0.6) is 11.8 Å². The van der Waals surface area contributed by atoms with Crippen LogP contribution in [-0.2, 0) is 6.54 Å². The molecule has 0 aliphatic carbocycles. The van der Waals surface area contributed by atoms with E-state index in [0.29, 0.717) is 11.6 Å². The lowest BCUT2D eigenvalue weighted by molar-refractivity contribution is 0.0927. The molecule has 0 atom stereocenters. The first-order valence-electron chi connectivity index (χ1n) is 8.12. The fourth-order valence-electron chi connectivity index (χ4n) is 2.82. The standard InChI is InChI=1S/C18H19FN4O2/c1-24-18-21-7-4-14(22-18)12-23-8-5-15(6-9-23)25-17-3-2-13(11-20)10-16(17)19/h2-4,7,10,15H,5-6,8-9,12H2,1H3. The molecule has 0 N–H and O–H groups in total. The number of piperidine rings is 1. The molecule has 1 aliphatic heterocycles. The van der Waals surface area contributed by atoms with Crippen LogP contribution in [0.1, 0.15) is 24.1 Å². The SMILES string of the molecule is COc1nccc(CN2CCC(Oc3ccc(C#N)cc3F)CC2)n1. The van der Waals surface area contributed by atoms with Crippen LogP contribution in [0.25, 0.3) is 0 Å². The van der Waals surface area contributed by atoms with Gasteiger partial charge in [-0.1, -0.05) is 0 Å². The Kier molecular flexibility index (Phi) is 5.41. The van der Waals surface area contributed by atoms with Crippen LogP contribution in [-0.4, -0.2) is 41.2 Å². The quantitative estimate of drug-likeness (QED) is 0.831. The van der Waals surface area contributed by atoms with Gasteiger partial charge in [-0.2, -0.15) is 10.2 Å². The van der Waals surface area contributed by atoms with Gasteiger partial charge >= 0.3 is 6.01 Å². The van der Waals surface area contributed by atoms with Crippen molar-refractivity contribution in [3.05, 3.63) is 47.5 Å². The highest BCUT2D eigenvalue weighted by Crippen LogP contribution is 2.23. The lowest BCUT2D eigenvalue weighted by Gasteiger charge is -2.31. The molecular formula is C18H19FN4O2. The number of hydrogen-bond donors (Lipinski definition) is 0. The molecule has 0 saturated carbocycles. The van der Waals surface area contributed by atoms with Gasteiger partial charge in [-0.3, -0.25) is 4.90 Å². The minimum atomic E-state index is -0.491. The van der Waals surface area contributed by atoms with E-state index < -0.39 is 5.82 Å². The first-order chi connectivity index (χ1) is 12.2. The number of ether oxygens (including phenoxy) is 2. The van der Waals surface area contributed by atoms with Gasteiger partial charge in [0, 0.05) is 25.8 Å². The molecule has 6 nitrogen and oxygen atoms in total. The summed E-state index contributed by atoms with van der Waals surface area (Å²) in [6, 6.07) is 8.44. The van der Waals surface area contributed by atoms with E-state index in [1.165, 1.54) is 12.1 Å². The van der Waals surface area contributed by atoms with Gasteiger partial charge in [0.2, 0.25) is 0 Å². The first kappa shape index (κ1) is 17.1. The smallest absolute Gasteiger partial charge is 0.316 e. The summed E-state index contributed by atoms with van der Waals surface area (Å²) in [5.74, 6) is -0.285. The van der Waals surface area contributed by atoms with Crippen molar-refractivity contribution in [2.45, 2.75) is 25.5 Å². The topological polar surface area (TPSA) is 71.3 Å². The summed E-state index contributed by atoms with van der Waals surface area (Å²) < 4.78 is 24.7. The van der Waals surface area contributed by atoms with Crippen molar-refractivity contribution in [3.8, 4) is 17.8 Å². The van der Waals surface area contributed by atoms with Gasteiger partial charge in [-0.25, -0.2) is 9.37 Å². The highest BCUT2D eigenvalue weighted by molar-refractivity contribution is 5.36. The van der Waals surface area contributed by atoms with Gasteiger partial charge in [0.25, 0.3) is 0 Å². The van der Waals surface area contributed by atoms with Gasteiger partial charge in [0.15, 0.2) is 11.6 Å². The third-order valence-electron chi connectivity index (χ3n) is 4.15. The van der Waals surface area contributed by atoms with Crippen molar-refractivity contribution < 1.29 is 13.9 Å². The second kappa shape index (κ2) is 7.90. The molecule has 7 heteroatoms. The van der Waals surface area contributed by atoms with Gasteiger partial charge < -0.3 is 9.47 Å². The minimum Gasteiger partial charge on any atom is -0.487 e. The monoisotopic (exact) mass is 342 g/mol. The van der Waals surface area contributed by atoms with Crippen LogP contribution in [0.2, 0.25) is 0 Å². The summed E-state index contributed by atoms with van der Waals surface area (Å²) in [5, 5.41) is 8.78. The third kappa shape index (κ3) is 4.43. The molecule has 1 aromatic heterocycles. The van der Waals surface area contributed by atoms with E-state index in [2.05, 4.69) is 14.9 Å². The van der Waals surface area contributed by atoms with E-state index in [1.807, 2.05) is 12.1 Å². The number of likely N-dealkylation sites (tertiary alicyclic amines) is 1. The number of halogens is 1. The van der Waals surface area contributed by atoms with Crippen LogP contribution in [0, 0.1) is 17.1 Å². The zero-order valence-corrected chi connectivity index (χ0v) is 14.0. The molecule has 1 aromatic carbocycles. The Morgan fingerprint density at radius 3 is 2.80 bits per heavy atom. The Bertz CT molecular complexity index is 770. The average Bonchev–Trinajstić information content (AvgIpc) is 2.65. The molecule has 130 valence electrons.